The van der Waals surface area contributed by atoms with Crippen LogP contribution in [0.4, 0.5) is 0 Å². The second-order valence-electron chi connectivity index (χ2n) is 11.3. The maximum absolute atomic E-state index is 12.7. The fourth-order valence-electron chi connectivity index (χ4n) is 4.01. The molecule has 13 heteroatoms. The molecule has 1 heterocycles. The van der Waals surface area contributed by atoms with E-state index in [2.05, 4.69) is 5.32 Å². The number of ketones is 2. The highest BCUT2D eigenvalue weighted by molar-refractivity contribution is 6.12. The van der Waals surface area contributed by atoms with E-state index in [0.717, 1.165) is 4.90 Å². The molecular formula is C31H52N2O11. The quantitative estimate of drug-likeness (QED) is 0.0986. The van der Waals surface area contributed by atoms with Crippen molar-refractivity contribution in [2.45, 2.75) is 47.5 Å². The Morgan fingerprint density at radius 1 is 0.727 bits per heavy atom. The van der Waals surface area contributed by atoms with Gasteiger partial charge in [0, 0.05) is 42.9 Å². The Morgan fingerprint density at radius 3 is 1.55 bits per heavy atom. The number of imide groups is 1. The van der Waals surface area contributed by atoms with Crippen molar-refractivity contribution in [3.05, 3.63) is 12.2 Å². The number of carbonyl (C=O) groups excluding carboxylic acids is 5. The van der Waals surface area contributed by atoms with Crippen molar-refractivity contribution >= 4 is 29.3 Å². The van der Waals surface area contributed by atoms with Crippen molar-refractivity contribution in [3.63, 3.8) is 0 Å². The van der Waals surface area contributed by atoms with Gasteiger partial charge in [-0.05, 0) is 12.8 Å². The van der Waals surface area contributed by atoms with Gasteiger partial charge in [0.15, 0.2) is 0 Å². The number of hydrogen-bond donors (Lipinski definition) is 1. The molecule has 0 bridgehead atoms. The van der Waals surface area contributed by atoms with Crippen molar-refractivity contribution in [2.75, 3.05) is 92.4 Å². The van der Waals surface area contributed by atoms with E-state index in [1.54, 1.807) is 13.8 Å². The predicted molar refractivity (Wildman–Crippen MR) is 161 cm³/mol. The molecule has 0 aromatic carbocycles. The van der Waals surface area contributed by atoms with Crippen LogP contribution in [0.3, 0.4) is 0 Å². The number of nitrogens with one attached hydrogen (secondary N) is 1. The van der Waals surface area contributed by atoms with Crippen molar-refractivity contribution < 1.29 is 52.4 Å². The van der Waals surface area contributed by atoms with Crippen LogP contribution in [-0.2, 0) is 52.4 Å². The van der Waals surface area contributed by atoms with Gasteiger partial charge in [0.05, 0.1) is 85.8 Å². The summed E-state index contributed by atoms with van der Waals surface area (Å²) in [7, 11) is 0. The van der Waals surface area contributed by atoms with Crippen LogP contribution in [0.1, 0.15) is 47.5 Å². The summed E-state index contributed by atoms with van der Waals surface area (Å²) in [6, 6.07) is 0. The first kappa shape index (κ1) is 39.5. The van der Waals surface area contributed by atoms with Crippen LogP contribution in [0, 0.1) is 17.3 Å². The predicted octanol–water partition coefficient (Wildman–Crippen LogP) is 1.36. The zero-order valence-corrected chi connectivity index (χ0v) is 27.1. The lowest BCUT2D eigenvalue weighted by atomic mass is 9.79. The molecule has 0 aromatic rings. The number of hydrogen-bond acceptors (Lipinski definition) is 11. The molecule has 13 nitrogen and oxygen atoms in total. The molecule has 44 heavy (non-hydrogen) atoms. The third kappa shape index (κ3) is 17.7. The Morgan fingerprint density at radius 2 is 1.14 bits per heavy atom. The van der Waals surface area contributed by atoms with Gasteiger partial charge in [-0.2, -0.15) is 0 Å². The number of carbonyl (C=O) groups is 5. The van der Waals surface area contributed by atoms with Crippen molar-refractivity contribution in [2.24, 2.45) is 17.3 Å². The van der Waals surface area contributed by atoms with Crippen molar-refractivity contribution in [1.82, 2.24) is 10.2 Å². The lowest BCUT2D eigenvalue weighted by molar-refractivity contribution is -0.137. The Hall–Kier alpha value is -2.55. The maximum Gasteiger partial charge on any atom is 0.253 e. The summed E-state index contributed by atoms with van der Waals surface area (Å²) in [5, 5.41) is 2.79. The summed E-state index contributed by atoms with van der Waals surface area (Å²) >= 11 is 0. The Balaban J connectivity index is 1.86. The van der Waals surface area contributed by atoms with Crippen LogP contribution < -0.4 is 5.32 Å². The van der Waals surface area contributed by atoms with E-state index in [1.165, 1.54) is 19.1 Å². The molecule has 1 rings (SSSR count). The van der Waals surface area contributed by atoms with Gasteiger partial charge in [-0.3, -0.25) is 28.9 Å². The minimum Gasteiger partial charge on any atom is -0.379 e. The summed E-state index contributed by atoms with van der Waals surface area (Å²) in [6.45, 7) is 13.9. The molecule has 1 atom stereocenters. The molecule has 3 amide bonds. The van der Waals surface area contributed by atoms with Crippen LogP contribution in [0.25, 0.3) is 0 Å². The van der Waals surface area contributed by atoms with Gasteiger partial charge >= 0.3 is 0 Å². The molecule has 0 aliphatic carbocycles. The Kier molecular flexibility index (Phi) is 20.5. The first-order chi connectivity index (χ1) is 21.0. The standard InChI is InChI=1S/C31H52N2O11/c1-24(2)26(25(3)34)22-27(35)31(4,5)23-32-28(36)8-10-39-12-14-41-16-18-43-20-21-44-19-17-42-15-13-40-11-9-33-29(37)6-7-30(33)38/h6-7,24,26H,8-23H2,1-5H3,(H,32,36)/t26-/m0/s1. The highest BCUT2D eigenvalue weighted by Gasteiger charge is 2.32. The fraction of sp³-hybridized carbons (Fsp3) is 0.774. The van der Waals surface area contributed by atoms with Gasteiger partial charge in [0.2, 0.25) is 5.91 Å². The number of Topliss-reactive ketones (excluding diaryl/α,β-unsaturated/α-hetero) is 2. The molecule has 0 fully saturated rings. The van der Waals surface area contributed by atoms with Crippen molar-refractivity contribution in [1.29, 1.82) is 0 Å². The van der Waals surface area contributed by atoms with Gasteiger partial charge < -0.3 is 33.7 Å². The van der Waals surface area contributed by atoms with Crippen LogP contribution in [0.2, 0.25) is 0 Å². The molecule has 0 saturated heterocycles. The van der Waals surface area contributed by atoms with Gasteiger partial charge in [-0.25, -0.2) is 0 Å². The third-order valence-corrected chi connectivity index (χ3v) is 6.91. The number of nitrogens with zero attached hydrogens (tertiary/aromatic N) is 1. The second kappa shape index (κ2) is 22.9. The molecule has 1 aliphatic heterocycles. The summed E-state index contributed by atoms with van der Waals surface area (Å²) in [5.41, 5.74) is -0.756. The Labute approximate surface area is 261 Å². The number of rotatable bonds is 28. The van der Waals surface area contributed by atoms with Gasteiger partial charge in [-0.15, -0.1) is 0 Å². The summed E-state index contributed by atoms with van der Waals surface area (Å²) < 4.78 is 32.5. The summed E-state index contributed by atoms with van der Waals surface area (Å²) in [5.74, 6) is -1.07. The molecule has 0 saturated carbocycles. The molecule has 1 N–H and O–H groups in total. The zero-order chi connectivity index (χ0) is 32.8. The highest BCUT2D eigenvalue weighted by Crippen LogP contribution is 2.24. The van der Waals surface area contributed by atoms with Crippen LogP contribution in [0.15, 0.2) is 12.2 Å². The minimum atomic E-state index is -0.756. The first-order valence-corrected chi connectivity index (χ1v) is 15.3. The molecular weight excluding hydrogens is 576 g/mol. The maximum atomic E-state index is 12.7. The summed E-state index contributed by atoms with van der Waals surface area (Å²) in [4.78, 5) is 60.6. The smallest absolute Gasteiger partial charge is 0.253 e. The average molecular weight is 629 g/mol. The molecule has 0 spiro atoms. The van der Waals surface area contributed by atoms with E-state index < -0.39 is 5.41 Å². The van der Waals surface area contributed by atoms with Crippen LogP contribution >= 0.6 is 0 Å². The highest BCUT2D eigenvalue weighted by atomic mass is 16.6. The average Bonchev–Trinajstić information content (AvgIpc) is 3.29. The largest absolute Gasteiger partial charge is 0.379 e. The first-order valence-electron chi connectivity index (χ1n) is 15.3. The topological polar surface area (TPSA) is 156 Å². The van der Waals surface area contributed by atoms with Gasteiger partial charge in [0.25, 0.3) is 11.8 Å². The molecule has 0 aromatic heterocycles. The SMILES string of the molecule is CC(=O)[C@@H](CC(=O)C(C)(C)CNC(=O)CCOCCOCCOCCOCCOCCOCCN1C(=O)C=CC1=O)C(C)C. The molecule has 0 unspecified atom stereocenters. The van der Waals surface area contributed by atoms with Gasteiger partial charge in [-0.1, -0.05) is 27.7 Å². The van der Waals surface area contributed by atoms with E-state index in [-0.39, 0.29) is 80.3 Å². The van der Waals surface area contributed by atoms with Crippen LogP contribution in [0.5, 0.6) is 0 Å². The van der Waals surface area contributed by atoms with E-state index >= 15 is 0 Å². The van der Waals surface area contributed by atoms with Gasteiger partial charge in [0.1, 0.15) is 11.6 Å². The van der Waals surface area contributed by atoms with Crippen molar-refractivity contribution in [3.8, 4) is 0 Å². The lowest BCUT2D eigenvalue weighted by Crippen LogP contribution is -2.40. The van der Waals surface area contributed by atoms with E-state index in [0.29, 0.717) is 66.1 Å². The van der Waals surface area contributed by atoms with E-state index in [4.69, 9.17) is 28.4 Å². The lowest BCUT2D eigenvalue weighted by Gasteiger charge is -2.26. The second-order valence-corrected chi connectivity index (χ2v) is 11.3. The minimum absolute atomic E-state index is 0.00997. The van der Waals surface area contributed by atoms with E-state index in [9.17, 15) is 24.0 Å². The monoisotopic (exact) mass is 628 g/mol. The molecule has 0 radical (unpaired) electrons. The number of ether oxygens (including phenoxy) is 6. The van der Waals surface area contributed by atoms with Crippen LogP contribution in [-0.4, -0.2) is 127 Å². The molecule has 1 aliphatic rings. The normalized spacial score (nSPS) is 14.1. The van der Waals surface area contributed by atoms with E-state index in [1.807, 2.05) is 13.8 Å². The third-order valence-electron chi connectivity index (χ3n) is 6.91. The number of amides is 3. The Bertz CT molecular complexity index is 902. The summed E-state index contributed by atoms with van der Waals surface area (Å²) in [6.07, 6.45) is 2.85. The molecule has 252 valence electrons. The fourth-order valence-corrected chi connectivity index (χ4v) is 4.01. The zero-order valence-electron chi connectivity index (χ0n) is 27.1.